The predicted octanol–water partition coefficient (Wildman–Crippen LogP) is 3.90. The van der Waals surface area contributed by atoms with E-state index in [0.29, 0.717) is 12.4 Å². The Kier molecular flexibility index (Phi) is 3.56. The Bertz CT molecular complexity index is 545. The summed E-state index contributed by atoms with van der Waals surface area (Å²) in [6.45, 7) is 6.38. The van der Waals surface area contributed by atoms with Crippen molar-refractivity contribution in [1.82, 2.24) is 0 Å². The van der Waals surface area contributed by atoms with E-state index in [1.807, 2.05) is 51.1 Å². The lowest BCUT2D eigenvalue weighted by Crippen LogP contribution is -2.00. The Morgan fingerprint density at radius 1 is 1.00 bits per heavy atom. The molecule has 0 unspecified atom stereocenters. The van der Waals surface area contributed by atoms with E-state index in [1.165, 1.54) is 0 Å². The highest BCUT2D eigenvalue weighted by atomic mass is 16.5. The van der Waals surface area contributed by atoms with Crippen LogP contribution in [0.5, 0.6) is 11.5 Å². The summed E-state index contributed by atoms with van der Waals surface area (Å²) < 4.78 is 5.88. The van der Waals surface area contributed by atoms with E-state index in [1.54, 1.807) is 6.07 Å². The van der Waals surface area contributed by atoms with Crippen LogP contribution < -0.4 is 4.74 Å². The molecule has 0 spiro atoms. The van der Waals surface area contributed by atoms with Crippen molar-refractivity contribution in [3.63, 3.8) is 0 Å². The van der Waals surface area contributed by atoms with E-state index >= 15 is 0 Å². The van der Waals surface area contributed by atoms with E-state index in [0.717, 1.165) is 28.0 Å². The molecule has 0 aliphatic carbocycles. The third-order valence-corrected chi connectivity index (χ3v) is 3.22. The molecule has 94 valence electrons. The summed E-state index contributed by atoms with van der Waals surface area (Å²) in [6.07, 6.45) is 0. The minimum absolute atomic E-state index is 0.331. The molecule has 0 saturated carbocycles. The maximum atomic E-state index is 9.74. The van der Waals surface area contributed by atoms with Gasteiger partial charge in [0.25, 0.3) is 0 Å². The first kappa shape index (κ1) is 12.5. The summed E-state index contributed by atoms with van der Waals surface area (Å²) in [6, 6.07) is 11.8. The molecule has 2 nitrogen and oxygen atoms in total. The smallest absolute Gasteiger partial charge is 0.126 e. The number of phenolic OH excluding ortho intramolecular Hbond substituents is 1. The zero-order valence-electron chi connectivity index (χ0n) is 11.0. The molecule has 0 amide bonds. The van der Waals surface area contributed by atoms with Crippen molar-refractivity contribution in [2.75, 3.05) is 0 Å². The third kappa shape index (κ3) is 2.48. The summed E-state index contributed by atoms with van der Waals surface area (Å²) in [7, 11) is 0. The number of benzene rings is 2. The van der Waals surface area contributed by atoms with Gasteiger partial charge in [0, 0.05) is 0 Å². The van der Waals surface area contributed by atoms with Crippen molar-refractivity contribution in [1.29, 1.82) is 0 Å². The standard InChI is InChI=1S/C16H18O2/c1-11-9-15(17)12(2)13(3)16(11)18-10-14-7-5-4-6-8-14/h4-9,17H,10H2,1-3H3. The molecule has 0 saturated heterocycles. The topological polar surface area (TPSA) is 29.5 Å². The van der Waals surface area contributed by atoms with E-state index in [-0.39, 0.29) is 0 Å². The molecule has 2 aromatic carbocycles. The van der Waals surface area contributed by atoms with Gasteiger partial charge in [0.2, 0.25) is 0 Å². The molecule has 2 rings (SSSR count). The lowest BCUT2D eigenvalue weighted by atomic mass is 10.0. The molecule has 18 heavy (non-hydrogen) atoms. The summed E-state index contributed by atoms with van der Waals surface area (Å²) in [5.74, 6) is 1.20. The highest BCUT2D eigenvalue weighted by Crippen LogP contribution is 2.32. The van der Waals surface area contributed by atoms with Gasteiger partial charge in [-0.2, -0.15) is 0 Å². The van der Waals surface area contributed by atoms with Gasteiger partial charge in [-0.1, -0.05) is 30.3 Å². The van der Waals surface area contributed by atoms with Gasteiger partial charge in [0.05, 0.1) is 0 Å². The van der Waals surface area contributed by atoms with Gasteiger partial charge in [0.1, 0.15) is 18.1 Å². The van der Waals surface area contributed by atoms with E-state index in [9.17, 15) is 5.11 Å². The molecule has 0 radical (unpaired) electrons. The number of phenols is 1. The van der Waals surface area contributed by atoms with Gasteiger partial charge in [-0.3, -0.25) is 0 Å². The third-order valence-electron chi connectivity index (χ3n) is 3.22. The molecule has 0 aliphatic heterocycles. The second-order valence-electron chi connectivity index (χ2n) is 4.57. The second kappa shape index (κ2) is 5.13. The van der Waals surface area contributed by atoms with Gasteiger partial charge in [-0.25, -0.2) is 0 Å². The first-order valence-corrected chi connectivity index (χ1v) is 6.06. The Hall–Kier alpha value is -1.96. The highest BCUT2D eigenvalue weighted by molar-refractivity contribution is 5.51. The Morgan fingerprint density at radius 2 is 1.67 bits per heavy atom. The van der Waals surface area contributed by atoms with Crippen molar-refractivity contribution >= 4 is 0 Å². The molecule has 1 N–H and O–H groups in total. The molecule has 0 atom stereocenters. The molecule has 2 heteroatoms. The Morgan fingerprint density at radius 3 is 2.33 bits per heavy atom. The monoisotopic (exact) mass is 242 g/mol. The summed E-state index contributed by atoms with van der Waals surface area (Å²) >= 11 is 0. The van der Waals surface area contributed by atoms with Gasteiger partial charge in [-0.15, -0.1) is 0 Å². The minimum Gasteiger partial charge on any atom is -0.508 e. The van der Waals surface area contributed by atoms with Crippen LogP contribution in [0.3, 0.4) is 0 Å². The summed E-state index contributed by atoms with van der Waals surface area (Å²) in [4.78, 5) is 0. The van der Waals surface area contributed by atoms with Crippen LogP contribution in [0, 0.1) is 20.8 Å². The lowest BCUT2D eigenvalue weighted by molar-refractivity contribution is 0.301. The van der Waals surface area contributed by atoms with Gasteiger partial charge in [0.15, 0.2) is 0 Å². The van der Waals surface area contributed by atoms with Crippen molar-refractivity contribution in [3.05, 3.63) is 58.7 Å². The van der Waals surface area contributed by atoms with Crippen LogP contribution >= 0.6 is 0 Å². The average molecular weight is 242 g/mol. The second-order valence-corrected chi connectivity index (χ2v) is 4.57. The quantitative estimate of drug-likeness (QED) is 0.884. The molecule has 0 bridgehead atoms. The average Bonchev–Trinajstić information content (AvgIpc) is 2.37. The minimum atomic E-state index is 0.331. The van der Waals surface area contributed by atoms with E-state index < -0.39 is 0 Å². The summed E-state index contributed by atoms with van der Waals surface area (Å²) in [5.41, 5.74) is 3.99. The number of hydrogen-bond donors (Lipinski definition) is 1. The zero-order valence-corrected chi connectivity index (χ0v) is 11.0. The molecule has 2 aromatic rings. The molecular formula is C16H18O2. The van der Waals surface area contributed by atoms with Crippen LogP contribution in [0.4, 0.5) is 0 Å². The number of aromatic hydroxyl groups is 1. The maximum absolute atomic E-state index is 9.74. The van der Waals surface area contributed by atoms with Crippen molar-refractivity contribution < 1.29 is 9.84 Å². The normalized spacial score (nSPS) is 10.4. The number of ether oxygens (including phenoxy) is 1. The van der Waals surface area contributed by atoms with Crippen LogP contribution in [0.25, 0.3) is 0 Å². The van der Waals surface area contributed by atoms with Crippen LogP contribution in [0.2, 0.25) is 0 Å². The fraction of sp³-hybridized carbons (Fsp3) is 0.250. The maximum Gasteiger partial charge on any atom is 0.126 e. The van der Waals surface area contributed by atoms with Crippen molar-refractivity contribution in [2.45, 2.75) is 27.4 Å². The largest absolute Gasteiger partial charge is 0.508 e. The highest BCUT2D eigenvalue weighted by Gasteiger charge is 2.10. The first-order valence-electron chi connectivity index (χ1n) is 6.06. The molecule has 0 aliphatic rings. The SMILES string of the molecule is Cc1cc(O)c(C)c(C)c1OCc1ccccc1. The van der Waals surface area contributed by atoms with E-state index in [4.69, 9.17) is 4.74 Å². The van der Waals surface area contributed by atoms with Crippen LogP contribution in [-0.2, 0) is 6.61 Å². The molecule has 0 aromatic heterocycles. The Labute approximate surface area is 108 Å². The number of rotatable bonds is 3. The van der Waals surface area contributed by atoms with E-state index in [2.05, 4.69) is 0 Å². The fourth-order valence-electron chi connectivity index (χ4n) is 1.99. The number of aryl methyl sites for hydroxylation is 1. The van der Waals surface area contributed by atoms with Crippen LogP contribution in [0.15, 0.2) is 36.4 Å². The van der Waals surface area contributed by atoms with Crippen LogP contribution in [0.1, 0.15) is 22.3 Å². The van der Waals surface area contributed by atoms with Crippen molar-refractivity contribution in [2.24, 2.45) is 0 Å². The van der Waals surface area contributed by atoms with Gasteiger partial charge < -0.3 is 9.84 Å². The summed E-state index contributed by atoms with van der Waals surface area (Å²) in [5, 5.41) is 9.74. The zero-order chi connectivity index (χ0) is 13.1. The molecule has 0 heterocycles. The fourth-order valence-corrected chi connectivity index (χ4v) is 1.99. The van der Waals surface area contributed by atoms with Gasteiger partial charge in [-0.05, 0) is 49.1 Å². The van der Waals surface area contributed by atoms with Crippen LogP contribution in [-0.4, -0.2) is 5.11 Å². The van der Waals surface area contributed by atoms with Gasteiger partial charge >= 0.3 is 0 Å². The molecular weight excluding hydrogens is 224 g/mol. The van der Waals surface area contributed by atoms with Crippen molar-refractivity contribution in [3.8, 4) is 11.5 Å². The predicted molar refractivity (Wildman–Crippen MR) is 73.1 cm³/mol. The lowest BCUT2D eigenvalue weighted by Gasteiger charge is -2.15. The first-order chi connectivity index (χ1) is 8.59. The molecule has 0 fully saturated rings. The number of hydrogen-bond acceptors (Lipinski definition) is 2. The Balaban J connectivity index is 2.22.